The molecule has 0 spiro atoms. The van der Waals surface area contributed by atoms with Crippen molar-refractivity contribution in [3.05, 3.63) is 83.9 Å². The number of carbonyl (C=O) groups is 1. The van der Waals surface area contributed by atoms with Crippen LogP contribution in [0.1, 0.15) is 23.5 Å². The van der Waals surface area contributed by atoms with Crippen molar-refractivity contribution >= 4 is 21.6 Å². The van der Waals surface area contributed by atoms with Crippen molar-refractivity contribution in [2.24, 2.45) is 0 Å². The van der Waals surface area contributed by atoms with Gasteiger partial charge in [-0.2, -0.15) is 4.31 Å². The molecule has 0 bridgehead atoms. The average molecular weight is 449 g/mol. The van der Waals surface area contributed by atoms with Crippen molar-refractivity contribution in [2.75, 3.05) is 31.6 Å². The molecular formula is C25H24N2O4S. The minimum absolute atomic E-state index is 0.00312. The van der Waals surface area contributed by atoms with Crippen LogP contribution >= 0.6 is 0 Å². The third-order valence-corrected chi connectivity index (χ3v) is 8.01. The van der Waals surface area contributed by atoms with Gasteiger partial charge in [0.05, 0.1) is 18.1 Å². The Morgan fingerprint density at radius 1 is 0.875 bits per heavy atom. The minimum atomic E-state index is -3.55. The summed E-state index contributed by atoms with van der Waals surface area (Å²) in [5.41, 5.74) is 5.26. The highest BCUT2D eigenvalue weighted by Crippen LogP contribution is 2.46. The van der Waals surface area contributed by atoms with Crippen LogP contribution in [0.25, 0.3) is 11.1 Å². The lowest BCUT2D eigenvalue weighted by Gasteiger charge is -2.26. The molecule has 5 rings (SSSR count). The van der Waals surface area contributed by atoms with Crippen LogP contribution in [0.5, 0.6) is 0 Å². The van der Waals surface area contributed by atoms with Gasteiger partial charge in [0, 0.05) is 31.1 Å². The van der Waals surface area contributed by atoms with Crippen LogP contribution in [0.2, 0.25) is 0 Å². The molecule has 1 N–H and O–H groups in total. The Morgan fingerprint density at radius 2 is 1.44 bits per heavy atom. The number of carbonyl (C=O) groups excluding carboxylic acids is 1. The molecule has 1 amide bonds. The number of rotatable bonds is 5. The lowest BCUT2D eigenvalue weighted by molar-refractivity contribution is -0.116. The van der Waals surface area contributed by atoms with E-state index in [1.807, 2.05) is 24.3 Å². The number of anilines is 1. The molecule has 7 heteroatoms. The van der Waals surface area contributed by atoms with E-state index in [2.05, 4.69) is 29.6 Å². The summed E-state index contributed by atoms with van der Waals surface area (Å²) in [7, 11) is -3.55. The second-order valence-corrected chi connectivity index (χ2v) is 9.96. The van der Waals surface area contributed by atoms with Gasteiger partial charge in [-0.05, 0) is 46.5 Å². The number of amides is 1. The molecular weight excluding hydrogens is 424 g/mol. The quantitative estimate of drug-likeness (QED) is 0.643. The van der Waals surface area contributed by atoms with E-state index >= 15 is 0 Å². The molecule has 3 aromatic carbocycles. The van der Waals surface area contributed by atoms with Gasteiger partial charge in [0.25, 0.3) is 0 Å². The van der Waals surface area contributed by atoms with Crippen LogP contribution in [0.4, 0.5) is 5.69 Å². The summed E-state index contributed by atoms with van der Waals surface area (Å²) >= 11 is 0. The molecule has 1 saturated heterocycles. The second-order valence-electron chi connectivity index (χ2n) is 8.02. The largest absolute Gasteiger partial charge is 0.379 e. The number of hydrogen-bond donors (Lipinski definition) is 1. The number of sulfonamides is 1. The van der Waals surface area contributed by atoms with E-state index in [1.54, 1.807) is 24.3 Å². The fourth-order valence-electron chi connectivity index (χ4n) is 4.52. The molecule has 1 aliphatic heterocycles. The molecule has 2 aliphatic rings. The summed E-state index contributed by atoms with van der Waals surface area (Å²) < 4.78 is 32.2. The van der Waals surface area contributed by atoms with Crippen molar-refractivity contribution in [1.82, 2.24) is 4.31 Å². The Kier molecular flexibility index (Phi) is 5.55. The number of morpholine rings is 1. The van der Waals surface area contributed by atoms with Crippen molar-refractivity contribution < 1.29 is 17.9 Å². The number of nitrogens with zero attached hydrogens (tertiary/aromatic N) is 1. The van der Waals surface area contributed by atoms with Gasteiger partial charge in [0.2, 0.25) is 15.9 Å². The van der Waals surface area contributed by atoms with Crippen LogP contribution in [-0.4, -0.2) is 44.9 Å². The van der Waals surface area contributed by atoms with E-state index < -0.39 is 10.0 Å². The average Bonchev–Trinajstić information content (AvgIpc) is 3.14. The number of fused-ring (bicyclic) bond motifs is 3. The topological polar surface area (TPSA) is 75.7 Å². The zero-order chi connectivity index (χ0) is 22.1. The van der Waals surface area contributed by atoms with Crippen molar-refractivity contribution in [1.29, 1.82) is 0 Å². The van der Waals surface area contributed by atoms with Crippen LogP contribution in [0.15, 0.2) is 77.7 Å². The predicted molar refractivity (Wildman–Crippen MR) is 123 cm³/mol. The molecule has 6 nitrogen and oxygen atoms in total. The first-order valence-electron chi connectivity index (χ1n) is 10.7. The third kappa shape index (κ3) is 3.83. The van der Waals surface area contributed by atoms with Gasteiger partial charge in [-0.25, -0.2) is 8.42 Å². The van der Waals surface area contributed by atoms with Crippen molar-refractivity contribution in [3.63, 3.8) is 0 Å². The predicted octanol–water partition coefficient (Wildman–Crippen LogP) is 3.85. The second kappa shape index (κ2) is 8.50. The molecule has 0 saturated carbocycles. The summed E-state index contributed by atoms with van der Waals surface area (Å²) in [5, 5.41) is 2.92. The van der Waals surface area contributed by atoms with Gasteiger partial charge < -0.3 is 10.1 Å². The smallest absolute Gasteiger partial charge is 0.243 e. The standard InChI is InChI=1S/C25H24N2O4S/c28-25(17-24-22-7-3-1-5-20(22)21-6-2-4-8-23(21)24)26-18-9-11-19(12-10-18)32(29,30)27-13-15-31-16-14-27/h1-12,24H,13-17H2,(H,26,28). The lowest BCUT2D eigenvalue weighted by Crippen LogP contribution is -2.40. The molecule has 0 radical (unpaired) electrons. The van der Waals surface area contributed by atoms with Gasteiger partial charge in [0.1, 0.15) is 0 Å². The van der Waals surface area contributed by atoms with Gasteiger partial charge in [-0.15, -0.1) is 0 Å². The summed E-state index contributed by atoms with van der Waals surface area (Å²) in [5.74, 6) is -0.103. The van der Waals surface area contributed by atoms with Gasteiger partial charge in [-0.1, -0.05) is 48.5 Å². The fourth-order valence-corrected chi connectivity index (χ4v) is 5.93. The number of nitrogens with one attached hydrogen (secondary N) is 1. The Balaban J connectivity index is 1.30. The van der Waals surface area contributed by atoms with Crippen LogP contribution in [0.3, 0.4) is 0 Å². The zero-order valence-electron chi connectivity index (χ0n) is 17.5. The maximum Gasteiger partial charge on any atom is 0.243 e. The first-order chi connectivity index (χ1) is 15.5. The van der Waals surface area contributed by atoms with Gasteiger partial charge >= 0.3 is 0 Å². The third-order valence-electron chi connectivity index (χ3n) is 6.10. The summed E-state index contributed by atoms with van der Waals surface area (Å²) in [6.45, 7) is 1.51. The Labute approximate surface area is 187 Å². The number of ether oxygens (including phenoxy) is 1. The Morgan fingerprint density at radius 3 is 2.03 bits per heavy atom. The highest BCUT2D eigenvalue weighted by Gasteiger charge is 2.30. The monoisotopic (exact) mass is 448 g/mol. The maximum absolute atomic E-state index is 12.9. The van der Waals surface area contributed by atoms with E-state index in [1.165, 1.54) is 15.4 Å². The van der Waals surface area contributed by atoms with Crippen LogP contribution < -0.4 is 5.32 Å². The molecule has 1 heterocycles. The van der Waals surface area contributed by atoms with E-state index in [-0.39, 0.29) is 16.7 Å². The first kappa shape index (κ1) is 20.9. The molecule has 164 valence electrons. The van der Waals surface area contributed by atoms with E-state index in [0.29, 0.717) is 38.4 Å². The minimum Gasteiger partial charge on any atom is -0.379 e. The summed E-state index contributed by atoms with van der Waals surface area (Å²) in [6, 6.07) is 22.8. The molecule has 1 fully saturated rings. The van der Waals surface area contributed by atoms with Crippen molar-refractivity contribution in [2.45, 2.75) is 17.2 Å². The molecule has 3 aromatic rings. The lowest BCUT2D eigenvalue weighted by atomic mass is 9.93. The van der Waals surface area contributed by atoms with Gasteiger partial charge in [-0.3, -0.25) is 4.79 Å². The summed E-state index contributed by atoms with van der Waals surface area (Å²) in [4.78, 5) is 13.1. The fraction of sp³-hybridized carbons (Fsp3) is 0.240. The van der Waals surface area contributed by atoms with Crippen LogP contribution in [0, 0.1) is 0 Å². The Hall–Kier alpha value is -3.00. The number of hydrogen-bond acceptors (Lipinski definition) is 4. The maximum atomic E-state index is 12.9. The zero-order valence-corrected chi connectivity index (χ0v) is 18.3. The van der Waals surface area contributed by atoms with E-state index in [0.717, 1.165) is 11.1 Å². The molecule has 32 heavy (non-hydrogen) atoms. The van der Waals surface area contributed by atoms with E-state index in [4.69, 9.17) is 4.74 Å². The Bertz CT molecular complexity index is 1200. The summed E-state index contributed by atoms with van der Waals surface area (Å²) in [6.07, 6.45) is 0.321. The molecule has 0 atom stereocenters. The highest BCUT2D eigenvalue weighted by molar-refractivity contribution is 7.89. The first-order valence-corrected chi connectivity index (χ1v) is 12.1. The SMILES string of the molecule is O=C(CC1c2ccccc2-c2ccccc21)Nc1ccc(S(=O)(=O)N2CCOCC2)cc1. The molecule has 0 unspecified atom stereocenters. The highest BCUT2D eigenvalue weighted by atomic mass is 32.2. The van der Waals surface area contributed by atoms with E-state index in [9.17, 15) is 13.2 Å². The van der Waals surface area contributed by atoms with Crippen LogP contribution in [-0.2, 0) is 19.6 Å². The molecule has 0 aromatic heterocycles. The van der Waals surface area contributed by atoms with Gasteiger partial charge in [0.15, 0.2) is 0 Å². The molecule has 1 aliphatic carbocycles. The van der Waals surface area contributed by atoms with Crippen molar-refractivity contribution in [3.8, 4) is 11.1 Å². The normalized spacial score (nSPS) is 16.4. The number of benzene rings is 3.